The number of aromatic nitrogens is 3. The molecule has 5 rings (SSSR count). The number of fused-ring (bicyclic) bond motifs is 1. The molecule has 2 aromatic carbocycles. The van der Waals surface area contributed by atoms with E-state index in [0.29, 0.717) is 17.5 Å². The van der Waals surface area contributed by atoms with Crippen LogP contribution in [0.5, 0.6) is 0 Å². The van der Waals surface area contributed by atoms with Crippen molar-refractivity contribution < 1.29 is 9.90 Å². The Balaban J connectivity index is 1.35. The summed E-state index contributed by atoms with van der Waals surface area (Å²) in [5.74, 6) is -0.114. The molecule has 0 radical (unpaired) electrons. The van der Waals surface area contributed by atoms with Crippen LogP contribution in [0.4, 0.5) is 0 Å². The van der Waals surface area contributed by atoms with Crippen LogP contribution in [-0.2, 0) is 13.6 Å². The highest BCUT2D eigenvalue weighted by Gasteiger charge is 2.21. The van der Waals surface area contributed by atoms with Crippen molar-refractivity contribution in [2.24, 2.45) is 7.05 Å². The predicted octanol–water partition coefficient (Wildman–Crippen LogP) is 3.48. The Hall–Kier alpha value is -3.71. The van der Waals surface area contributed by atoms with Crippen molar-refractivity contribution in [2.45, 2.75) is 44.4 Å². The second kappa shape index (κ2) is 9.27. The SMILES string of the molecule is Cn1nccc1-c1ccc2c(=O)n(Cc3cccc(C(=O)N[C@H]4CC[C@H](O)CC4)c3)ccc2c1. The number of carbonyl (C=O) groups excluding carboxylic acids is 1. The minimum absolute atomic E-state index is 0.0651. The predicted molar refractivity (Wildman–Crippen MR) is 132 cm³/mol. The van der Waals surface area contributed by atoms with Crippen LogP contribution < -0.4 is 10.9 Å². The molecule has 7 heteroatoms. The summed E-state index contributed by atoms with van der Waals surface area (Å²) in [7, 11) is 1.89. The van der Waals surface area contributed by atoms with Crippen molar-refractivity contribution in [3.05, 3.63) is 88.5 Å². The van der Waals surface area contributed by atoms with E-state index in [1.54, 1.807) is 23.0 Å². The fourth-order valence-electron chi connectivity index (χ4n) is 4.73. The van der Waals surface area contributed by atoms with Crippen LogP contribution in [0.1, 0.15) is 41.6 Å². The number of aliphatic hydroxyl groups is 1. The summed E-state index contributed by atoms with van der Waals surface area (Å²) in [5, 5.41) is 18.5. The summed E-state index contributed by atoms with van der Waals surface area (Å²) in [6.07, 6.45) is 6.34. The Kier molecular flexibility index (Phi) is 6.02. The Bertz CT molecular complexity index is 1400. The van der Waals surface area contributed by atoms with Gasteiger partial charge in [0.2, 0.25) is 0 Å². The molecule has 0 aliphatic heterocycles. The molecule has 34 heavy (non-hydrogen) atoms. The molecule has 1 amide bonds. The number of nitrogens with zero attached hydrogens (tertiary/aromatic N) is 3. The number of nitrogens with one attached hydrogen (secondary N) is 1. The summed E-state index contributed by atoms with van der Waals surface area (Å²) in [6, 6.07) is 17.2. The molecule has 0 saturated heterocycles. The van der Waals surface area contributed by atoms with Crippen LogP contribution in [0.2, 0.25) is 0 Å². The van der Waals surface area contributed by atoms with E-state index in [2.05, 4.69) is 10.4 Å². The van der Waals surface area contributed by atoms with Gasteiger partial charge in [0.1, 0.15) is 0 Å². The maximum atomic E-state index is 13.2. The molecule has 2 aromatic heterocycles. The van der Waals surface area contributed by atoms with E-state index >= 15 is 0 Å². The second-order valence-corrected chi connectivity index (χ2v) is 9.07. The largest absolute Gasteiger partial charge is 0.393 e. The first-order chi connectivity index (χ1) is 16.5. The normalized spacial score (nSPS) is 18.2. The maximum absolute atomic E-state index is 13.2. The van der Waals surface area contributed by atoms with Gasteiger partial charge in [-0.05, 0) is 73.0 Å². The van der Waals surface area contributed by atoms with Crippen LogP contribution in [0.15, 0.2) is 71.8 Å². The van der Waals surface area contributed by atoms with Crippen LogP contribution in [-0.4, -0.2) is 37.5 Å². The summed E-state index contributed by atoms with van der Waals surface area (Å²) in [4.78, 5) is 25.9. The molecule has 2 heterocycles. The highest BCUT2D eigenvalue weighted by molar-refractivity contribution is 5.94. The summed E-state index contributed by atoms with van der Waals surface area (Å²) in [5.41, 5.74) is 3.41. The fraction of sp³-hybridized carbons (Fsp3) is 0.296. The average molecular weight is 457 g/mol. The summed E-state index contributed by atoms with van der Waals surface area (Å²) < 4.78 is 3.48. The lowest BCUT2D eigenvalue weighted by Crippen LogP contribution is -2.38. The number of rotatable bonds is 5. The third-order valence-electron chi connectivity index (χ3n) is 6.67. The second-order valence-electron chi connectivity index (χ2n) is 9.07. The van der Waals surface area contributed by atoms with E-state index in [1.165, 1.54) is 0 Å². The Morgan fingerprint density at radius 1 is 1.09 bits per heavy atom. The standard InChI is InChI=1S/C27H28N4O3/c1-30-25(11-13-28-30)20-5-10-24-19(16-20)12-14-31(27(24)34)17-18-3-2-4-21(15-18)26(33)29-22-6-8-23(32)9-7-22/h2-5,10-16,22-23,32H,6-9,17H2,1H3,(H,29,33)/t22-,23-. The topological polar surface area (TPSA) is 89.2 Å². The Labute approximate surface area is 197 Å². The van der Waals surface area contributed by atoms with E-state index in [0.717, 1.165) is 47.9 Å². The van der Waals surface area contributed by atoms with Gasteiger partial charge in [-0.25, -0.2) is 0 Å². The van der Waals surface area contributed by atoms with Crippen LogP contribution >= 0.6 is 0 Å². The zero-order chi connectivity index (χ0) is 23.7. The fourth-order valence-corrected chi connectivity index (χ4v) is 4.73. The number of hydrogen-bond acceptors (Lipinski definition) is 4. The number of hydrogen-bond donors (Lipinski definition) is 2. The third kappa shape index (κ3) is 4.52. The molecule has 1 aliphatic rings. The quantitative estimate of drug-likeness (QED) is 0.481. The van der Waals surface area contributed by atoms with Gasteiger partial charge in [-0.3, -0.25) is 14.3 Å². The zero-order valence-electron chi connectivity index (χ0n) is 19.1. The van der Waals surface area contributed by atoms with Gasteiger partial charge in [-0.15, -0.1) is 0 Å². The van der Waals surface area contributed by atoms with Crippen LogP contribution in [0.25, 0.3) is 22.0 Å². The summed E-state index contributed by atoms with van der Waals surface area (Å²) in [6.45, 7) is 0.384. The number of aryl methyl sites for hydroxylation is 1. The molecule has 4 aromatic rings. The zero-order valence-corrected chi connectivity index (χ0v) is 19.1. The number of amides is 1. The smallest absolute Gasteiger partial charge is 0.258 e. The van der Waals surface area contributed by atoms with E-state index in [1.807, 2.05) is 60.3 Å². The van der Waals surface area contributed by atoms with Crippen molar-refractivity contribution in [2.75, 3.05) is 0 Å². The minimum atomic E-state index is -0.251. The molecule has 174 valence electrons. The average Bonchev–Trinajstić information content (AvgIpc) is 3.28. The first-order valence-corrected chi connectivity index (χ1v) is 11.7. The van der Waals surface area contributed by atoms with E-state index in [9.17, 15) is 14.7 Å². The molecular weight excluding hydrogens is 428 g/mol. The minimum Gasteiger partial charge on any atom is -0.393 e. The van der Waals surface area contributed by atoms with Gasteiger partial charge in [-0.1, -0.05) is 18.2 Å². The molecule has 0 spiro atoms. The van der Waals surface area contributed by atoms with Gasteiger partial charge < -0.3 is 15.0 Å². The van der Waals surface area contributed by atoms with E-state index < -0.39 is 0 Å². The number of aliphatic hydroxyl groups excluding tert-OH is 1. The first-order valence-electron chi connectivity index (χ1n) is 11.7. The molecule has 1 aliphatic carbocycles. The Morgan fingerprint density at radius 2 is 1.91 bits per heavy atom. The molecule has 0 unspecified atom stereocenters. The highest BCUT2D eigenvalue weighted by Crippen LogP contribution is 2.23. The number of pyridine rings is 1. The molecule has 2 N–H and O–H groups in total. The Morgan fingerprint density at radius 3 is 2.68 bits per heavy atom. The number of carbonyl (C=O) groups is 1. The van der Waals surface area contributed by atoms with Crippen molar-refractivity contribution in [1.29, 1.82) is 0 Å². The maximum Gasteiger partial charge on any atom is 0.258 e. The van der Waals surface area contributed by atoms with Gasteiger partial charge in [0.25, 0.3) is 11.5 Å². The lowest BCUT2D eigenvalue weighted by Gasteiger charge is -2.26. The van der Waals surface area contributed by atoms with Crippen LogP contribution in [0.3, 0.4) is 0 Å². The third-order valence-corrected chi connectivity index (χ3v) is 6.67. The van der Waals surface area contributed by atoms with Gasteiger partial charge in [0.05, 0.1) is 18.3 Å². The number of benzene rings is 2. The molecule has 0 bridgehead atoms. The van der Waals surface area contributed by atoms with Crippen molar-refractivity contribution in [3.8, 4) is 11.3 Å². The molecular formula is C27H28N4O3. The lowest BCUT2D eigenvalue weighted by atomic mass is 9.93. The van der Waals surface area contributed by atoms with E-state index in [4.69, 9.17) is 0 Å². The molecule has 1 saturated carbocycles. The van der Waals surface area contributed by atoms with E-state index in [-0.39, 0.29) is 23.6 Å². The van der Waals surface area contributed by atoms with Crippen molar-refractivity contribution in [1.82, 2.24) is 19.7 Å². The first kappa shape index (κ1) is 22.1. The monoisotopic (exact) mass is 456 g/mol. The molecule has 7 nitrogen and oxygen atoms in total. The lowest BCUT2D eigenvalue weighted by molar-refractivity contribution is 0.0867. The van der Waals surface area contributed by atoms with Gasteiger partial charge >= 0.3 is 0 Å². The highest BCUT2D eigenvalue weighted by atomic mass is 16.3. The van der Waals surface area contributed by atoms with Crippen molar-refractivity contribution in [3.63, 3.8) is 0 Å². The van der Waals surface area contributed by atoms with Crippen molar-refractivity contribution >= 4 is 16.7 Å². The van der Waals surface area contributed by atoms with Gasteiger partial charge in [0.15, 0.2) is 0 Å². The van der Waals surface area contributed by atoms with Crippen LogP contribution in [0, 0.1) is 0 Å². The molecule has 1 fully saturated rings. The van der Waals surface area contributed by atoms with Gasteiger partial charge in [0, 0.05) is 42.0 Å². The molecule has 0 atom stereocenters. The summed E-state index contributed by atoms with van der Waals surface area (Å²) >= 11 is 0. The van der Waals surface area contributed by atoms with Gasteiger partial charge in [-0.2, -0.15) is 5.10 Å².